The molecule has 2 aromatic rings. The first-order chi connectivity index (χ1) is 11.8. The van der Waals surface area contributed by atoms with Crippen LogP contribution < -0.4 is 10.1 Å². The van der Waals surface area contributed by atoms with Crippen LogP contribution in [0.5, 0.6) is 5.75 Å². The Labute approximate surface area is 156 Å². The smallest absolute Gasteiger partial charge is 0.260 e. The van der Waals surface area contributed by atoms with Crippen LogP contribution in [-0.2, 0) is 14.6 Å². The van der Waals surface area contributed by atoms with Crippen molar-refractivity contribution in [1.82, 2.24) is 5.32 Å². The zero-order valence-corrected chi connectivity index (χ0v) is 16.4. The largest absolute Gasteiger partial charge is 0.480 e. The summed E-state index contributed by atoms with van der Waals surface area (Å²) in [5.41, 5.74) is 1.07. The molecule has 0 fully saturated rings. The van der Waals surface area contributed by atoms with E-state index < -0.39 is 15.9 Å². The van der Waals surface area contributed by atoms with E-state index in [4.69, 9.17) is 4.74 Å². The van der Waals surface area contributed by atoms with Gasteiger partial charge in [-0.05, 0) is 59.6 Å². The highest BCUT2D eigenvalue weighted by Gasteiger charge is 2.18. The first-order valence-electron chi connectivity index (χ1n) is 7.78. The number of aryl methyl sites for hydroxylation is 1. The van der Waals surface area contributed by atoms with Crippen LogP contribution in [0.4, 0.5) is 0 Å². The molecular formula is C18H20BrNO4S. The molecule has 25 heavy (non-hydrogen) atoms. The number of nitrogens with one attached hydrogen (secondary N) is 1. The SMILES string of the molecule is Cc1ccc(OC(C)C(=O)NCCS(=O)(=O)c2ccccc2)c(Br)c1. The highest BCUT2D eigenvalue weighted by atomic mass is 79.9. The van der Waals surface area contributed by atoms with Gasteiger partial charge in [0.25, 0.3) is 5.91 Å². The van der Waals surface area contributed by atoms with Gasteiger partial charge in [-0.1, -0.05) is 24.3 Å². The molecule has 5 nitrogen and oxygen atoms in total. The molecule has 1 unspecified atom stereocenters. The summed E-state index contributed by atoms with van der Waals surface area (Å²) in [6, 6.07) is 13.7. The molecule has 2 aromatic carbocycles. The molecule has 0 aliphatic heterocycles. The number of halogens is 1. The second-order valence-electron chi connectivity index (χ2n) is 5.62. The average Bonchev–Trinajstić information content (AvgIpc) is 2.58. The number of rotatable bonds is 7. The Kier molecular flexibility index (Phi) is 6.61. The van der Waals surface area contributed by atoms with Crippen LogP contribution in [0, 0.1) is 6.92 Å². The predicted octanol–water partition coefficient (Wildman–Crippen LogP) is 3.11. The summed E-state index contributed by atoms with van der Waals surface area (Å²) in [6.45, 7) is 3.60. The van der Waals surface area contributed by atoms with Gasteiger partial charge in [0.2, 0.25) is 0 Å². The summed E-state index contributed by atoms with van der Waals surface area (Å²) in [6.07, 6.45) is -0.738. The molecule has 134 valence electrons. The van der Waals surface area contributed by atoms with Crippen LogP contribution in [0.2, 0.25) is 0 Å². The lowest BCUT2D eigenvalue weighted by Gasteiger charge is -2.16. The minimum absolute atomic E-state index is 0.0266. The van der Waals surface area contributed by atoms with Gasteiger partial charge >= 0.3 is 0 Å². The highest BCUT2D eigenvalue weighted by molar-refractivity contribution is 9.10. The summed E-state index contributed by atoms with van der Waals surface area (Å²) < 4.78 is 30.7. The van der Waals surface area contributed by atoms with Gasteiger partial charge in [-0.25, -0.2) is 8.42 Å². The van der Waals surface area contributed by atoms with Crippen molar-refractivity contribution in [3.8, 4) is 5.75 Å². The second-order valence-corrected chi connectivity index (χ2v) is 8.58. The maximum atomic E-state index is 12.2. The molecule has 0 aliphatic rings. The number of sulfone groups is 1. The summed E-state index contributed by atoms with van der Waals surface area (Å²) in [5.74, 6) is 0.0323. The quantitative estimate of drug-likeness (QED) is 0.739. The average molecular weight is 426 g/mol. The van der Waals surface area contributed by atoms with Crippen molar-refractivity contribution >= 4 is 31.7 Å². The Morgan fingerprint density at radius 1 is 1.20 bits per heavy atom. The molecule has 0 bridgehead atoms. The van der Waals surface area contributed by atoms with Crippen molar-refractivity contribution < 1.29 is 17.9 Å². The number of hydrogen-bond donors (Lipinski definition) is 1. The summed E-state index contributed by atoms with van der Waals surface area (Å²) in [5, 5.41) is 2.60. The number of hydrogen-bond acceptors (Lipinski definition) is 4. The van der Waals surface area contributed by atoms with E-state index >= 15 is 0 Å². The molecule has 0 saturated carbocycles. The molecule has 0 spiro atoms. The van der Waals surface area contributed by atoms with E-state index in [0.29, 0.717) is 5.75 Å². The van der Waals surface area contributed by atoms with Gasteiger partial charge in [0.1, 0.15) is 5.75 Å². The first-order valence-corrected chi connectivity index (χ1v) is 10.2. The summed E-state index contributed by atoms with van der Waals surface area (Å²) in [4.78, 5) is 12.3. The normalized spacial score (nSPS) is 12.4. The van der Waals surface area contributed by atoms with Crippen LogP contribution in [-0.4, -0.2) is 32.7 Å². The highest BCUT2D eigenvalue weighted by Crippen LogP contribution is 2.26. The number of carbonyl (C=O) groups is 1. The number of amides is 1. The minimum atomic E-state index is -3.42. The molecule has 0 heterocycles. The molecule has 1 atom stereocenters. The van der Waals surface area contributed by atoms with Gasteiger partial charge in [-0.15, -0.1) is 0 Å². The van der Waals surface area contributed by atoms with Gasteiger partial charge in [-0.2, -0.15) is 0 Å². The fourth-order valence-electron chi connectivity index (χ4n) is 2.14. The van der Waals surface area contributed by atoms with Crippen molar-refractivity contribution in [2.75, 3.05) is 12.3 Å². The molecule has 0 radical (unpaired) electrons. The van der Waals surface area contributed by atoms with Crippen LogP contribution in [0.15, 0.2) is 57.9 Å². The maximum absolute atomic E-state index is 12.2. The van der Waals surface area contributed by atoms with Gasteiger partial charge in [0.15, 0.2) is 15.9 Å². The molecule has 7 heteroatoms. The van der Waals surface area contributed by atoms with E-state index in [9.17, 15) is 13.2 Å². The Bertz CT molecular complexity index is 837. The lowest BCUT2D eigenvalue weighted by molar-refractivity contribution is -0.127. The van der Waals surface area contributed by atoms with E-state index in [1.165, 1.54) is 12.1 Å². The van der Waals surface area contributed by atoms with Gasteiger partial charge in [-0.3, -0.25) is 4.79 Å². The van der Waals surface area contributed by atoms with E-state index in [1.54, 1.807) is 31.2 Å². The zero-order chi connectivity index (χ0) is 18.4. The Morgan fingerprint density at radius 2 is 1.88 bits per heavy atom. The number of ether oxygens (including phenoxy) is 1. The molecule has 0 saturated heterocycles. The van der Waals surface area contributed by atoms with Crippen molar-refractivity contribution in [2.24, 2.45) is 0 Å². The van der Waals surface area contributed by atoms with Crippen molar-refractivity contribution in [1.29, 1.82) is 0 Å². The van der Waals surface area contributed by atoms with Crippen molar-refractivity contribution in [2.45, 2.75) is 24.8 Å². The van der Waals surface area contributed by atoms with Crippen LogP contribution >= 0.6 is 15.9 Å². The monoisotopic (exact) mass is 425 g/mol. The third kappa shape index (κ3) is 5.57. The van der Waals surface area contributed by atoms with E-state index in [1.807, 2.05) is 19.1 Å². The molecule has 2 rings (SSSR count). The first kappa shape index (κ1) is 19.5. The van der Waals surface area contributed by atoms with Gasteiger partial charge in [0, 0.05) is 6.54 Å². The molecule has 1 amide bonds. The zero-order valence-electron chi connectivity index (χ0n) is 14.0. The minimum Gasteiger partial charge on any atom is -0.480 e. The van der Waals surface area contributed by atoms with E-state index in [2.05, 4.69) is 21.2 Å². The van der Waals surface area contributed by atoms with Gasteiger partial charge in [0.05, 0.1) is 15.1 Å². The molecule has 0 aromatic heterocycles. The lowest BCUT2D eigenvalue weighted by atomic mass is 10.2. The molecule has 1 N–H and O–H groups in total. The van der Waals surface area contributed by atoms with Crippen molar-refractivity contribution in [3.63, 3.8) is 0 Å². The second kappa shape index (κ2) is 8.49. The maximum Gasteiger partial charge on any atom is 0.260 e. The molecular weight excluding hydrogens is 406 g/mol. The standard InChI is InChI=1S/C18H20BrNO4S/c1-13-8-9-17(16(19)12-13)24-14(2)18(21)20-10-11-25(22,23)15-6-4-3-5-7-15/h3-9,12,14H,10-11H2,1-2H3,(H,20,21). The van der Waals surface area contributed by atoms with Crippen LogP contribution in [0.1, 0.15) is 12.5 Å². The van der Waals surface area contributed by atoms with E-state index in [-0.39, 0.29) is 23.1 Å². The van der Waals surface area contributed by atoms with Crippen LogP contribution in [0.25, 0.3) is 0 Å². The number of benzene rings is 2. The molecule has 0 aliphatic carbocycles. The Hall–Kier alpha value is -1.86. The Balaban J connectivity index is 1.87. The van der Waals surface area contributed by atoms with Gasteiger partial charge < -0.3 is 10.1 Å². The fraction of sp³-hybridized carbons (Fsp3) is 0.278. The van der Waals surface area contributed by atoms with Crippen LogP contribution in [0.3, 0.4) is 0 Å². The lowest BCUT2D eigenvalue weighted by Crippen LogP contribution is -2.38. The predicted molar refractivity (Wildman–Crippen MR) is 100 cm³/mol. The third-order valence-corrected chi connectivity index (χ3v) is 5.88. The Morgan fingerprint density at radius 3 is 2.52 bits per heavy atom. The summed E-state index contributed by atoms with van der Waals surface area (Å²) in [7, 11) is -3.42. The van der Waals surface area contributed by atoms with E-state index in [0.717, 1.165) is 10.0 Å². The topological polar surface area (TPSA) is 72.5 Å². The van der Waals surface area contributed by atoms with Crippen molar-refractivity contribution in [3.05, 3.63) is 58.6 Å². The number of carbonyl (C=O) groups excluding carboxylic acids is 1. The fourth-order valence-corrected chi connectivity index (χ4v) is 3.91. The summed E-state index contributed by atoms with van der Waals surface area (Å²) >= 11 is 3.39. The third-order valence-electron chi connectivity index (χ3n) is 3.53.